The molecule has 4 heteroatoms. The fourth-order valence-electron chi connectivity index (χ4n) is 1.88. The molecule has 3 nitrogen and oxygen atoms in total. The van der Waals surface area contributed by atoms with Crippen molar-refractivity contribution in [2.45, 2.75) is 53.4 Å². The average molecular weight is 297 g/mol. The Labute approximate surface area is 126 Å². The van der Waals surface area contributed by atoms with Crippen molar-refractivity contribution in [3.05, 3.63) is 35.3 Å². The number of hydrogen-bond acceptors (Lipinski definition) is 2. The number of hydrogen-bond donors (Lipinski definition) is 0. The summed E-state index contributed by atoms with van der Waals surface area (Å²) in [7, 11) is -1.36. The number of allylic oxidation sites excluding steroid dienone is 2. The van der Waals surface area contributed by atoms with Crippen LogP contribution in [-0.2, 0) is 15.8 Å². The number of carbonyl (C=O) groups excluding carboxylic acids is 1. The van der Waals surface area contributed by atoms with Gasteiger partial charge in [0.25, 0.3) is 5.91 Å². The van der Waals surface area contributed by atoms with E-state index in [1.165, 1.54) is 10.4 Å². The molecule has 0 bridgehead atoms. The Morgan fingerprint density at radius 3 is 2.40 bits per heavy atom. The third kappa shape index (κ3) is 4.75. The molecule has 0 saturated carbocycles. The monoisotopic (exact) mass is 297 g/mol. The minimum Gasteiger partial charge on any atom is -0.268 e. The van der Waals surface area contributed by atoms with E-state index >= 15 is 0 Å². The van der Waals surface area contributed by atoms with Crippen LogP contribution in [0.5, 0.6) is 0 Å². The number of rotatable bonds is 7. The lowest BCUT2D eigenvalue weighted by molar-refractivity contribution is -0.121. The van der Waals surface area contributed by atoms with Crippen LogP contribution in [0.3, 0.4) is 0 Å². The number of unbranched alkanes of at least 4 members (excludes halogenated alkanes) is 3. The molecule has 0 N–H and O–H groups in total. The topological polar surface area (TPSA) is 37.4 Å². The van der Waals surface area contributed by atoms with Crippen molar-refractivity contribution in [3.63, 3.8) is 0 Å². The van der Waals surface area contributed by atoms with E-state index in [-0.39, 0.29) is 5.91 Å². The zero-order valence-electron chi connectivity index (χ0n) is 13.1. The van der Waals surface area contributed by atoms with Gasteiger partial charge in [0.15, 0.2) is 11.0 Å². The largest absolute Gasteiger partial charge is 0.268 e. The Kier molecular flexibility index (Phi) is 9.99. The zero-order valence-corrected chi connectivity index (χ0v) is 14.0. The van der Waals surface area contributed by atoms with Gasteiger partial charge in [-0.1, -0.05) is 58.8 Å². The highest BCUT2D eigenvalue weighted by molar-refractivity contribution is 7.88. The van der Waals surface area contributed by atoms with Gasteiger partial charge < -0.3 is 0 Å². The van der Waals surface area contributed by atoms with Crippen molar-refractivity contribution in [3.8, 4) is 0 Å². The maximum Gasteiger partial charge on any atom is 0.267 e. The quantitative estimate of drug-likeness (QED) is 0.663. The summed E-state index contributed by atoms with van der Waals surface area (Å²) in [6.45, 7) is 12.2. The van der Waals surface area contributed by atoms with Crippen LogP contribution >= 0.6 is 0 Å². The molecule has 0 aromatic heterocycles. The molecule has 1 aliphatic rings. The first-order valence-corrected chi connectivity index (χ1v) is 8.51. The van der Waals surface area contributed by atoms with E-state index in [9.17, 15) is 9.00 Å². The second kappa shape index (κ2) is 10.6. The molecule has 1 amide bonds. The van der Waals surface area contributed by atoms with Gasteiger partial charge in [0.1, 0.15) is 0 Å². The molecule has 1 atom stereocenters. The molecule has 0 spiro atoms. The molecule has 0 fully saturated rings. The van der Waals surface area contributed by atoms with E-state index < -0.39 is 11.0 Å². The van der Waals surface area contributed by atoms with Gasteiger partial charge in [-0.25, -0.2) is 4.21 Å². The predicted molar refractivity (Wildman–Crippen MR) is 87.4 cm³/mol. The van der Waals surface area contributed by atoms with Gasteiger partial charge in [0.05, 0.1) is 10.5 Å². The third-order valence-electron chi connectivity index (χ3n) is 2.85. The van der Waals surface area contributed by atoms with Crippen LogP contribution in [0.4, 0.5) is 0 Å². The molecule has 0 aliphatic carbocycles. The maximum absolute atomic E-state index is 12.2. The van der Waals surface area contributed by atoms with Crippen molar-refractivity contribution >= 4 is 16.9 Å². The van der Waals surface area contributed by atoms with Crippen LogP contribution < -0.4 is 0 Å². The van der Waals surface area contributed by atoms with Gasteiger partial charge in [-0.05, 0) is 19.4 Å². The van der Waals surface area contributed by atoms with E-state index in [2.05, 4.69) is 13.5 Å². The van der Waals surface area contributed by atoms with E-state index in [0.717, 1.165) is 25.7 Å². The van der Waals surface area contributed by atoms with Gasteiger partial charge in [-0.3, -0.25) is 9.10 Å². The molecule has 20 heavy (non-hydrogen) atoms. The summed E-state index contributed by atoms with van der Waals surface area (Å²) in [5.74, 6) is -0.159. The lowest BCUT2D eigenvalue weighted by atomic mass is 10.2. The van der Waals surface area contributed by atoms with Crippen molar-refractivity contribution in [1.82, 2.24) is 4.31 Å². The lowest BCUT2D eigenvalue weighted by Crippen LogP contribution is -2.28. The standard InChI is InChI=1S/C14H21NO2S.C2H6/c1-4-7-8-9-11-15-14(16)12(6-3)13(10-5-2)18(15)17;1-2/h5-6,10H,3-4,7-9,11H2,1-2H3;1-2H3/b10-5-;. The second-order valence-electron chi connectivity index (χ2n) is 4.20. The average Bonchev–Trinajstić information content (AvgIpc) is 2.69. The summed E-state index contributed by atoms with van der Waals surface area (Å²) in [6, 6.07) is 0. The molecule has 0 aromatic carbocycles. The van der Waals surface area contributed by atoms with E-state index in [4.69, 9.17) is 0 Å². The molecule has 114 valence electrons. The van der Waals surface area contributed by atoms with Crippen LogP contribution in [0, 0.1) is 0 Å². The molecular weight excluding hydrogens is 270 g/mol. The van der Waals surface area contributed by atoms with E-state index in [1.807, 2.05) is 20.8 Å². The van der Waals surface area contributed by atoms with Crippen LogP contribution in [0.25, 0.3) is 0 Å². The Morgan fingerprint density at radius 1 is 1.25 bits per heavy atom. The summed E-state index contributed by atoms with van der Waals surface area (Å²) in [4.78, 5) is 12.6. The molecule has 0 radical (unpaired) electrons. The molecule has 0 saturated heterocycles. The van der Waals surface area contributed by atoms with Gasteiger partial charge in [0.2, 0.25) is 0 Å². The summed E-state index contributed by atoms with van der Waals surface area (Å²) in [5, 5.41) is 0. The fourth-order valence-corrected chi connectivity index (χ4v) is 3.27. The SMILES string of the molecule is C=CC1=C(/C=C\C)S(=O)N(CCCCCC)C1=O.CC. The van der Waals surface area contributed by atoms with Crippen molar-refractivity contribution in [2.75, 3.05) is 6.54 Å². The second-order valence-corrected chi connectivity index (χ2v) is 5.58. The Balaban J connectivity index is 0.00000172. The predicted octanol–water partition coefficient (Wildman–Crippen LogP) is 4.12. The summed E-state index contributed by atoms with van der Waals surface area (Å²) < 4.78 is 13.6. The first-order chi connectivity index (χ1) is 9.67. The smallest absolute Gasteiger partial charge is 0.267 e. The molecule has 1 rings (SSSR count). The van der Waals surface area contributed by atoms with Gasteiger partial charge in [-0.2, -0.15) is 0 Å². The summed E-state index contributed by atoms with van der Waals surface area (Å²) in [6.07, 6.45) is 9.30. The maximum atomic E-state index is 12.2. The third-order valence-corrected chi connectivity index (χ3v) is 4.33. The number of nitrogens with zero attached hydrogens (tertiary/aromatic N) is 1. The highest BCUT2D eigenvalue weighted by atomic mass is 32.2. The lowest BCUT2D eigenvalue weighted by Gasteiger charge is -2.14. The molecule has 1 heterocycles. The van der Waals surface area contributed by atoms with Gasteiger partial charge in [-0.15, -0.1) is 0 Å². The fraction of sp³-hybridized carbons (Fsp3) is 0.562. The summed E-state index contributed by atoms with van der Waals surface area (Å²) >= 11 is 0. The van der Waals surface area contributed by atoms with Crippen LogP contribution in [0.1, 0.15) is 53.4 Å². The molecule has 0 aromatic rings. The van der Waals surface area contributed by atoms with Crippen LogP contribution in [0.15, 0.2) is 35.3 Å². The van der Waals surface area contributed by atoms with Gasteiger partial charge in [0, 0.05) is 6.54 Å². The number of amides is 1. The Bertz CT molecular complexity index is 411. The van der Waals surface area contributed by atoms with Gasteiger partial charge >= 0.3 is 0 Å². The Morgan fingerprint density at radius 2 is 1.90 bits per heavy atom. The molecule has 1 unspecified atom stereocenters. The van der Waals surface area contributed by atoms with Crippen LogP contribution in [-0.4, -0.2) is 21.0 Å². The highest BCUT2D eigenvalue weighted by Gasteiger charge is 2.33. The molecule has 1 aliphatic heterocycles. The van der Waals surface area contributed by atoms with E-state index in [0.29, 0.717) is 17.0 Å². The van der Waals surface area contributed by atoms with Crippen molar-refractivity contribution in [1.29, 1.82) is 0 Å². The number of carbonyl (C=O) groups is 1. The minimum absolute atomic E-state index is 0.159. The minimum atomic E-state index is -1.36. The molecular formula is C16H27NO2S. The normalized spacial score (nSPS) is 18.5. The van der Waals surface area contributed by atoms with E-state index in [1.54, 1.807) is 12.2 Å². The highest BCUT2D eigenvalue weighted by Crippen LogP contribution is 2.26. The van der Waals surface area contributed by atoms with Crippen molar-refractivity contribution < 1.29 is 9.00 Å². The van der Waals surface area contributed by atoms with Crippen molar-refractivity contribution in [2.24, 2.45) is 0 Å². The Hall–Kier alpha value is -1.16. The summed E-state index contributed by atoms with van der Waals surface area (Å²) in [5.41, 5.74) is 0.474. The first kappa shape index (κ1) is 18.8. The first-order valence-electron chi connectivity index (χ1n) is 7.40. The van der Waals surface area contributed by atoms with Crippen LogP contribution in [0.2, 0.25) is 0 Å². The zero-order chi connectivity index (χ0) is 15.5.